The maximum atomic E-state index is 13.7. The van der Waals surface area contributed by atoms with Crippen LogP contribution in [-0.2, 0) is 35.1 Å². The van der Waals surface area contributed by atoms with Crippen LogP contribution in [0.15, 0.2) is 146 Å². The van der Waals surface area contributed by atoms with Crippen molar-refractivity contribution in [2.75, 3.05) is 28.3 Å². The number of aliphatic hydroxyl groups excluding tert-OH is 1. The number of likely N-dealkylation sites (tertiary alicyclic amines) is 1. The Bertz CT molecular complexity index is 2890. The van der Waals surface area contributed by atoms with Crippen molar-refractivity contribution >= 4 is 34.7 Å². The van der Waals surface area contributed by atoms with Crippen molar-refractivity contribution in [2.24, 2.45) is 11.8 Å². The third-order valence-corrected chi connectivity index (χ3v) is 20.0. The minimum absolute atomic E-state index is 0. The Morgan fingerprint density at radius 3 is 1.72 bits per heavy atom. The summed E-state index contributed by atoms with van der Waals surface area (Å²) in [6.45, 7) is 18.2. The van der Waals surface area contributed by atoms with Crippen LogP contribution in [-0.4, -0.2) is 111 Å². The fourth-order valence-electron chi connectivity index (χ4n) is 10.2. The maximum absolute atomic E-state index is 13.7. The second-order valence-corrected chi connectivity index (χ2v) is 28.7. The molecule has 6 atom stereocenters. The molecule has 2 fully saturated rings. The number of aliphatic hydroxyl groups is 1. The Morgan fingerprint density at radius 2 is 1.22 bits per heavy atom. The summed E-state index contributed by atoms with van der Waals surface area (Å²) in [5, 5.41) is 23.0. The number of aromatic nitrogens is 2. The second-order valence-electron chi connectivity index (χ2n) is 23.9. The quantitative estimate of drug-likeness (QED) is 0.0696. The Kier molecular flexibility index (Phi) is 24.5. The summed E-state index contributed by atoms with van der Waals surface area (Å²) in [7, 11) is 4.73. The van der Waals surface area contributed by atoms with Crippen molar-refractivity contribution in [3.05, 3.63) is 190 Å². The van der Waals surface area contributed by atoms with Crippen LogP contribution in [0.2, 0.25) is 18.1 Å². The molecule has 6 aromatic rings. The van der Waals surface area contributed by atoms with E-state index in [0.29, 0.717) is 42.1 Å². The summed E-state index contributed by atoms with van der Waals surface area (Å²) in [5.41, 5.74) is 6.75. The zero-order chi connectivity index (χ0) is 58.9. The molecule has 2 aliphatic rings. The predicted octanol–water partition coefficient (Wildman–Crippen LogP) is 12.9. The SMILES string of the molecule is CC(C)(C)OC(=O)N1[C@H](Cc2ccc(C(=O)O)cc2)CC[C@@H]1[C@H](O[Si](C)(C)C(C)(C)C)c1ccccc1.CNCc1ccc(OC)nc1.COc1ccc(CN(C)C(=O)c2ccc(C[C@@H]3CC[C@H]([C@H](O)c4ccccc4)C3)cc2)cn1.[B]. The van der Waals surface area contributed by atoms with E-state index in [0.717, 1.165) is 72.9 Å². The maximum Gasteiger partial charge on any atom is 0.410 e. The van der Waals surface area contributed by atoms with E-state index in [-0.39, 0.29) is 55.3 Å². The molecule has 1 saturated heterocycles. The van der Waals surface area contributed by atoms with Crippen molar-refractivity contribution in [3.63, 3.8) is 0 Å². The van der Waals surface area contributed by atoms with Crippen LogP contribution in [0.4, 0.5) is 4.79 Å². The molecule has 1 aliphatic carbocycles. The minimum Gasteiger partial charge on any atom is -0.481 e. The monoisotopic (exact) mass is 1130 g/mol. The van der Waals surface area contributed by atoms with E-state index in [9.17, 15) is 24.6 Å². The first-order valence-corrected chi connectivity index (χ1v) is 31.2. The molecule has 3 heterocycles. The number of carbonyl (C=O) groups is 3. The molecule has 1 aliphatic heterocycles. The number of carboxylic acid groups (broad SMARTS) is 1. The van der Waals surface area contributed by atoms with Gasteiger partial charge in [-0.25, -0.2) is 19.6 Å². The van der Waals surface area contributed by atoms with Crippen molar-refractivity contribution in [1.29, 1.82) is 0 Å². The molecule has 82 heavy (non-hydrogen) atoms. The molecule has 437 valence electrons. The van der Waals surface area contributed by atoms with Gasteiger partial charge in [-0.3, -0.25) is 9.69 Å². The van der Waals surface area contributed by atoms with E-state index in [1.807, 2.05) is 124 Å². The predicted molar refractivity (Wildman–Crippen MR) is 328 cm³/mol. The van der Waals surface area contributed by atoms with Crippen LogP contribution >= 0.6 is 0 Å². The van der Waals surface area contributed by atoms with Gasteiger partial charge in [0.1, 0.15) is 5.60 Å². The van der Waals surface area contributed by atoms with Gasteiger partial charge in [0.15, 0.2) is 8.32 Å². The highest BCUT2D eigenvalue weighted by molar-refractivity contribution is 6.74. The first-order valence-electron chi connectivity index (χ1n) is 28.2. The van der Waals surface area contributed by atoms with Gasteiger partial charge < -0.3 is 39.1 Å². The molecule has 14 nitrogen and oxygen atoms in total. The zero-order valence-corrected chi connectivity index (χ0v) is 51.3. The number of carbonyl (C=O) groups excluding carboxylic acids is 2. The minimum atomic E-state index is -2.18. The van der Waals surface area contributed by atoms with E-state index in [2.05, 4.69) is 73.4 Å². The summed E-state index contributed by atoms with van der Waals surface area (Å²) in [6, 6.07) is 42.4. The van der Waals surface area contributed by atoms with Crippen LogP contribution in [0, 0.1) is 11.8 Å². The number of hydrogen-bond acceptors (Lipinski definition) is 11. The summed E-state index contributed by atoms with van der Waals surface area (Å²) >= 11 is 0. The zero-order valence-electron chi connectivity index (χ0n) is 50.3. The molecule has 4 aromatic carbocycles. The van der Waals surface area contributed by atoms with E-state index in [1.165, 1.54) is 5.56 Å². The largest absolute Gasteiger partial charge is 0.481 e. The van der Waals surface area contributed by atoms with Crippen LogP contribution in [0.1, 0.15) is 140 Å². The van der Waals surface area contributed by atoms with Gasteiger partial charge in [0.25, 0.3) is 5.91 Å². The molecule has 16 heteroatoms. The fraction of sp³-hybridized carbons (Fsp3) is 0.439. The summed E-state index contributed by atoms with van der Waals surface area (Å²) in [6.07, 6.45) is 9.00. The molecule has 3 radical (unpaired) electrons. The van der Waals surface area contributed by atoms with Gasteiger partial charge in [-0.05, 0) is 160 Å². The number of nitrogens with one attached hydrogen (secondary N) is 1. The molecule has 2 aromatic heterocycles. The van der Waals surface area contributed by atoms with Gasteiger partial charge in [0, 0.05) is 64.7 Å². The normalized spacial score (nSPS) is 17.6. The Hall–Kier alpha value is -6.85. The molecular weight excluding hydrogens is 1050 g/mol. The summed E-state index contributed by atoms with van der Waals surface area (Å²) in [5.74, 6) is 1.15. The Balaban J connectivity index is 0.000000252. The van der Waals surface area contributed by atoms with Gasteiger partial charge in [-0.15, -0.1) is 0 Å². The Labute approximate surface area is 490 Å². The molecular formula is C66H87BN5O9Si. The van der Waals surface area contributed by atoms with Gasteiger partial charge in [-0.2, -0.15) is 0 Å². The standard InChI is InChI=1S/C30H43NO5Si.C28H32N2O3.C8H12N2O.B/c1-29(2,3)35-28(34)31-24(20-21-14-16-23(17-15-21)27(32)33)18-19-25(31)26(22-12-10-9-11-13-22)36-37(7,8)30(4,5)6;1-30(19-22-11-15-26(33-2)29-18-22)28(32)24-12-8-20(9-13-24)16-21-10-14-25(17-21)27(31)23-6-4-3-5-7-23;1-9-5-7-3-4-8(11-2)10-6-7;/h9-17,24-26H,18-20H2,1-8H3,(H,32,33);3-9,11-13,15,18,21,25,27,31H,10,14,16-17,19H2,1-2H3;3-4,6,9H,5H2,1-2H3;/t24-,25+,26+;21-,25-,27+;;/m00../s1. The number of rotatable bonds is 18. The average molecular weight is 1130 g/mol. The molecule has 0 spiro atoms. The highest BCUT2D eigenvalue weighted by Gasteiger charge is 2.48. The third kappa shape index (κ3) is 19.1. The highest BCUT2D eigenvalue weighted by atomic mass is 28.4. The molecule has 2 amide bonds. The van der Waals surface area contributed by atoms with Crippen molar-refractivity contribution < 1.29 is 43.2 Å². The van der Waals surface area contributed by atoms with E-state index < -0.39 is 19.9 Å². The van der Waals surface area contributed by atoms with Crippen molar-refractivity contribution in [2.45, 2.75) is 148 Å². The van der Waals surface area contributed by atoms with Crippen LogP contribution in [0.3, 0.4) is 0 Å². The lowest BCUT2D eigenvalue weighted by molar-refractivity contribution is -0.00240. The lowest BCUT2D eigenvalue weighted by atomic mass is 9.91. The van der Waals surface area contributed by atoms with Gasteiger partial charge in [-0.1, -0.05) is 118 Å². The van der Waals surface area contributed by atoms with Gasteiger partial charge in [0.2, 0.25) is 11.8 Å². The smallest absolute Gasteiger partial charge is 0.410 e. The molecule has 0 unspecified atom stereocenters. The van der Waals surface area contributed by atoms with Crippen molar-refractivity contribution in [1.82, 2.24) is 25.1 Å². The summed E-state index contributed by atoms with van der Waals surface area (Å²) < 4.78 is 23.0. The Morgan fingerprint density at radius 1 is 0.695 bits per heavy atom. The van der Waals surface area contributed by atoms with Gasteiger partial charge in [0.05, 0.1) is 38.0 Å². The van der Waals surface area contributed by atoms with Crippen LogP contribution in [0.25, 0.3) is 0 Å². The average Bonchev–Trinajstić information content (AvgIpc) is 3.74. The van der Waals surface area contributed by atoms with E-state index in [4.69, 9.17) is 18.6 Å². The number of hydrogen-bond donors (Lipinski definition) is 3. The molecule has 1 saturated carbocycles. The van der Waals surface area contributed by atoms with Crippen molar-refractivity contribution in [3.8, 4) is 11.8 Å². The number of aromatic carboxylic acids is 1. The van der Waals surface area contributed by atoms with Crippen LogP contribution in [0.5, 0.6) is 11.8 Å². The topological polar surface area (TPSA) is 173 Å². The third-order valence-electron chi connectivity index (χ3n) is 15.6. The number of benzene rings is 4. The molecule has 8 rings (SSSR count). The first kappa shape index (κ1) is 66.0. The number of pyridine rings is 2. The number of carboxylic acids is 1. The lowest BCUT2D eigenvalue weighted by Gasteiger charge is -2.43. The number of ether oxygens (including phenoxy) is 3. The number of methoxy groups -OCH3 is 2. The fourth-order valence-corrected chi connectivity index (χ4v) is 11.5. The van der Waals surface area contributed by atoms with E-state index >= 15 is 0 Å². The highest BCUT2D eigenvalue weighted by Crippen LogP contribution is 2.45. The van der Waals surface area contributed by atoms with Crippen LogP contribution < -0.4 is 14.8 Å². The second kappa shape index (κ2) is 30.5. The molecule has 3 N–H and O–H groups in total. The van der Waals surface area contributed by atoms with Gasteiger partial charge >= 0.3 is 12.1 Å². The lowest BCUT2D eigenvalue weighted by Crippen LogP contribution is -2.50. The molecule has 0 bridgehead atoms. The van der Waals surface area contributed by atoms with E-state index in [1.54, 1.807) is 56.8 Å². The number of amides is 2. The number of nitrogens with zero attached hydrogens (tertiary/aromatic N) is 4. The first-order chi connectivity index (χ1) is 38.5. The summed E-state index contributed by atoms with van der Waals surface area (Å²) in [4.78, 5) is 49.7.